The molecule has 4 heteroatoms. The van der Waals surface area contributed by atoms with Gasteiger partial charge in [-0.05, 0) is 59.7 Å². The molecule has 0 aliphatic carbocycles. The van der Waals surface area contributed by atoms with Crippen LogP contribution in [0.2, 0.25) is 5.02 Å². The standard InChI is InChI=1S/C10H13ClINO/c1-10(13,4-5-14)8-6-7(11)2-3-9(8)12/h2-3,6,14H,4-5,13H2,1H3/t10-/m1/s1. The third-order valence-electron chi connectivity index (χ3n) is 2.17. The van der Waals surface area contributed by atoms with Crippen molar-refractivity contribution < 1.29 is 5.11 Å². The number of rotatable bonds is 3. The van der Waals surface area contributed by atoms with E-state index in [4.69, 9.17) is 22.4 Å². The molecule has 1 rings (SSSR count). The van der Waals surface area contributed by atoms with Crippen molar-refractivity contribution in [3.63, 3.8) is 0 Å². The van der Waals surface area contributed by atoms with E-state index in [1.165, 1.54) is 0 Å². The highest BCUT2D eigenvalue weighted by Crippen LogP contribution is 2.28. The van der Waals surface area contributed by atoms with Gasteiger partial charge in [-0.25, -0.2) is 0 Å². The van der Waals surface area contributed by atoms with Crippen molar-refractivity contribution >= 4 is 34.2 Å². The van der Waals surface area contributed by atoms with Gasteiger partial charge in [0, 0.05) is 20.7 Å². The van der Waals surface area contributed by atoms with Crippen molar-refractivity contribution in [1.82, 2.24) is 0 Å². The average molecular weight is 326 g/mol. The molecule has 1 atom stereocenters. The van der Waals surface area contributed by atoms with Crippen LogP contribution in [0.15, 0.2) is 18.2 Å². The summed E-state index contributed by atoms with van der Waals surface area (Å²) in [7, 11) is 0. The van der Waals surface area contributed by atoms with E-state index in [9.17, 15) is 0 Å². The Morgan fingerprint density at radius 1 is 1.57 bits per heavy atom. The summed E-state index contributed by atoms with van der Waals surface area (Å²) in [6, 6.07) is 5.63. The number of aliphatic hydroxyl groups is 1. The van der Waals surface area contributed by atoms with Crippen molar-refractivity contribution in [3.05, 3.63) is 32.4 Å². The molecule has 0 saturated heterocycles. The Kier molecular flexibility index (Phi) is 4.18. The fourth-order valence-corrected chi connectivity index (χ4v) is 2.43. The molecule has 0 aliphatic heterocycles. The van der Waals surface area contributed by atoms with Gasteiger partial charge in [0.1, 0.15) is 0 Å². The minimum Gasteiger partial charge on any atom is -0.396 e. The van der Waals surface area contributed by atoms with Crippen LogP contribution < -0.4 is 5.73 Å². The molecule has 0 amide bonds. The molecule has 0 radical (unpaired) electrons. The molecule has 3 N–H and O–H groups in total. The van der Waals surface area contributed by atoms with Gasteiger partial charge >= 0.3 is 0 Å². The van der Waals surface area contributed by atoms with E-state index in [0.717, 1.165) is 9.13 Å². The van der Waals surface area contributed by atoms with Gasteiger partial charge in [-0.2, -0.15) is 0 Å². The molecule has 0 bridgehead atoms. The van der Waals surface area contributed by atoms with Crippen molar-refractivity contribution in [3.8, 4) is 0 Å². The molecule has 0 saturated carbocycles. The molecular formula is C10H13ClINO. The quantitative estimate of drug-likeness (QED) is 0.839. The van der Waals surface area contributed by atoms with Gasteiger partial charge in [0.05, 0.1) is 0 Å². The summed E-state index contributed by atoms with van der Waals surface area (Å²) in [5, 5.41) is 9.58. The van der Waals surface area contributed by atoms with Crippen LogP contribution in [-0.2, 0) is 5.54 Å². The van der Waals surface area contributed by atoms with Gasteiger partial charge in [-0.15, -0.1) is 0 Å². The lowest BCUT2D eigenvalue weighted by atomic mass is 9.90. The van der Waals surface area contributed by atoms with Crippen molar-refractivity contribution in [2.24, 2.45) is 5.73 Å². The normalized spacial score (nSPS) is 15.2. The largest absolute Gasteiger partial charge is 0.396 e. The lowest BCUT2D eigenvalue weighted by molar-refractivity contribution is 0.247. The summed E-state index contributed by atoms with van der Waals surface area (Å²) < 4.78 is 1.07. The van der Waals surface area contributed by atoms with E-state index in [0.29, 0.717) is 11.4 Å². The second-order valence-electron chi connectivity index (χ2n) is 3.52. The lowest BCUT2D eigenvalue weighted by Crippen LogP contribution is -2.34. The van der Waals surface area contributed by atoms with Crippen LogP contribution in [0.4, 0.5) is 0 Å². The molecule has 0 aliphatic rings. The second kappa shape index (κ2) is 4.79. The maximum absolute atomic E-state index is 8.91. The van der Waals surface area contributed by atoms with Gasteiger partial charge < -0.3 is 10.8 Å². The Balaban J connectivity index is 3.10. The van der Waals surface area contributed by atoms with Crippen LogP contribution in [0.1, 0.15) is 18.9 Å². The first-order chi connectivity index (χ1) is 6.47. The van der Waals surface area contributed by atoms with Crippen LogP contribution in [0.5, 0.6) is 0 Å². The van der Waals surface area contributed by atoms with E-state index < -0.39 is 5.54 Å². The Labute approximate surface area is 103 Å². The monoisotopic (exact) mass is 325 g/mol. The predicted octanol–water partition coefficient (Wildman–Crippen LogP) is 2.50. The number of aliphatic hydroxyl groups excluding tert-OH is 1. The molecule has 14 heavy (non-hydrogen) atoms. The van der Waals surface area contributed by atoms with Gasteiger partial charge in [0.25, 0.3) is 0 Å². The molecule has 0 spiro atoms. The Hall–Kier alpha value is 0.160. The van der Waals surface area contributed by atoms with Crippen LogP contribution in [-0.4, -0.2) is 11.7 Å². The third-order valence-corrected chi connectivity index (χ3v) is 3.35. The van der Waals surface area contributed by atoms with Crippen LogP contribution >= 0.6 is 34.2 Å². The molecule has 0 unspecified atom stereocenters. The molecule has 0 heterocycles. The summed E-state index contributed by atoms with van der Waals surface area (Å²) in [5.74, 6) is 0. The number of halogens is 2. The van der Waals surface area contributed by atoms with E-state index in [2.05, 4.69) is 22.6 Å². The number of hydrogen-bond acceptors (Lipinski definition) is 2. The first-order valence-corrected chi connectivity index (χ1v) is 5.78. The molecule has 1 aromatic rings. The SMILES string of the molecule is C[C@@](N)(CCO)c1cc(Cl)ccc1I. The topological polar surface area (TPSA) is 46.2 Å². The summed E-state index contributed by atoms with van der Waals surface area (Å²) in [6.45, 7) is 1.98. The van der Waals surface area contributed by atoms with E-state index in [-0.39, 0.29) is 6.61 Å². The maximum Gasteiger partial charge on any atom is 0.0451 e. The zero-order valence-corrected chi connectivity index (χ0v) is 10.8. The third kappa shape index (κ3) is 2.82. The fraction of sp³-hybridized carbons (Fsp3) is 0.400. The molecule has 1 aromatic carbocycles. The average Bonchev–Trinajstić information content (AvgIpc) is 2.09. The number of nitrogens with two attached hydrogens (primary N) is 1. The lowest BCUT2D eigenvalue weighted by Gasteiger charge is -2.25. The minimum absolute atomic E-state index is 0.0790. The van der Waals surface area contributed by atoms with Gasteiger partial charge in [-0.3, -0.25) is 0 Å². The molecule has 0 aromatic heterocycles. The maximum atomic E-state index is 8.91. The molecular weight excluding hydrogens is 312 g/mol. The van der Waals surface area contributed by atoms with Crippen LogP contribution in [0.3, 0.4) is 0 Å². The minimum atomic E-state index is -0.518. The van der Waals surface area contributed by atoms with Crippen molar-refractivity contribution in [2.75, 3.05) is 6.61 Å². The Morgan fingerprint density at radius 2 is 2.21 bits per heavy atom. The summed E-state index contributed by atoms with van der Waals surface area (Å²) >= 11 is 8.12. The van der Waals surface area contributed by atoms with Gasteiger partial charge in [0.2, 0.25) is 0 Å². The summed E-state index contributed by atoms with van der Waals surface area (Å²) in [4.78, 5) is 0. The van der Waals surface area contributed by atoms with Crippen molar-refractivity contribution in [1.29, 1.82) is 0 Å². The molecule has 78 valence electrons. The highest BCUT2D eigenvalue weighted by Gasteiger charge is 2.23. The number of hydrogen-bond donors (Lipinski definition) is 2. The Morgan fingerprint density at radius 3 is 2.79 bits per heavy atom. The highest BCUT2D eigenvalue weighted by molar-refractivity contribution is 14.1. The van der Waals surface area contributed by atoms with Crippen LogP contribution in [0, 0.1) is 3.57 Å². The van der Waals surface area contributed by atoms with E-state index in [1.807, 2.05) is 25.1 Å². The smallest absolute Gasteiger partial charge is 0.0451 e. The predicted molar refractivity (Wildman–Crippen MR) is 67.4 cm³/mol. The summed E-state index contributed by atoms with van der Waals surface area (Å²) in [6.07, 6.45) is 0.531. The van der Waals surface area contributed by atoms with Gasteiger partial charge in [-0.1, -0.05) is 11.6 Å². The van der Waals surface area contributed by atoms with E-state index in [1.54, 1.807) is 0 Å². The first-order valence-electron chi connectivity index (χ1n) is 4.32. The zero-order valence-electron chi connectivity index (χ0n) is 7.93. The molecule has 2 nitrogen and oxygen atoms in total. The Bertz CT molecular complexity index is 328. The first kappa shape index (κ1) is 12.2. The molecule has 0 fully saturated rings. The van der Waals surface area contributed by atoms with Gasteiger partial charge in [0.15, 0.2) is 0 Å². The second-order valence-corrected chi connectivity index (χ2v) is 5.11. The number of benzene rings is 1. The summed E-state index contributed by atoms with van der Waals surface area (Å²) in [5.41, 5.74) is 6.56. The zero-order chi connectivity index (χ0) is 10.8. The van der Waals surface area contributed by atoms with E-state index >= 15 is 0 Å². The van der Waals surface area contributed by atoms with Crippen LogP contribution in [0.25, 0.3) is 0 Å². The van der Waals surface area contributed by atoms with Crippen molar-refractivity contribution in [2.45, 2.75) is 18.9 Å². The fourth-order valence-electron chi connectivity index (χ4n) is 1.30. The highest BCUT2D eigenvalue weighted by atomic mass is 127.